The molecule has 1 aromatic carbocycles. The maximum absolute atomic E-state index is 13.3. The fraction of sp³-hybridized carbons (Fsp3) is 0.292. The second-order valence-electron chi connectivity index (χ2n) is 8.36. The Balaban J connectivity index is 1.53. The Labute approximate surface area is 220 Å². The van der Waals surface area contributed by atoms with Crippen molar-refractivity contribution < 1.29 is 23.1 Å². The molecule has 198 valence electrons. The third-order valence-electron chi connectivity index (χ3n) is 5.96. The Morgan fingerprint density at radius 2 is 2.08 bits per heavy atom. The van der Waals surface area contributed by atoms with Gasteiger partial charge in [-0.15, -0.1) is 11.8 Å². The SMILES string of the molecule is CSc1ccc(OC(F)F)c(-c2nn(CC(=O)N3CCNCC3)cc2NC(=O)c2cnn3cccnc23)c1. The lowest BCUT2D eigenvalue weighted by atomic mass is 10.1. The minimum atomic E-state index is -3.06. The maximum atomic E-state index is 13.3. The molecule has 0 bridgehead atoms. The number of piperazine rings is 1. The molecule has 4 heterocycles. The summed E-state index contributed by atoms with van der Waals surface area (Å²) in [5.41, 5.74) is 1.21. The van der Waals surface area contributed by atoms with Gasteiger partial charge in [0.05, 0.1) is 11.9 Å². The van der Waals surface area contributed by atoms with Gasteiger partial charge in [-0.25, -0.2) is 9.50 Å². The number of hydrogen-bond acceptors (Lipinski definition) is 8. The molecule has 14 heteroatoms. The van der Waals surface area contributed by atoms with Crippen LogP contribution in [0.2, 0.25) is 0 Å². The molecule has 0 spiro atoms. The molecule has 3 aromatic heterocycles. The van der Waals surface area contributed by atoms with E-state index in [0.29, 0.717) is 31.8 Å². The van der Waals surface area contributed by atoms with Crippen LogP contribution in [0.5, 0.6) is 5.75 Å². The number of halogens is 2. The first-order chi connectivity index (χ1) is 18.4. The van der Waals surface area contributed by atoms with Crippen LogP contribution in [0.15, 0.2) is 53.9 Å². The van der Waals surface area contributed by atoms with Crippen molar-refractivity contribution in [1.82, 2.24) is 34.6 Å². The summed E-state index contributed by atoms with van der Waals surface area (Å²) in [6.07, 6.45) is 7.94. The van der Waals surface area contributed by atoms with Crippen molar-refractivity contribution in [2.75, 3.05) is 37.8 Å². The number of benzene rings is 1. The lowest BCUT2D eigenvalue weighted by Gasteiger charge is -2.27. The highest BCUT2D eigenvalue weighted by Crippen LogP contribution is 2.37. The van der Waals surface area contributed by atoms with E-state index in [0.717, 1.165) is 4.90 Å². The molecule has 0 radical (unpaired) electrons. The van der Waals surface area contributed by atoms with Crippen molar-refractivity contribution in [1.29, 1.82) is 0 Å². The van der Waals surface area contributed by atoms with Crippen LogP contribution in [-0.4, -0.2) is 80.1 Å². The van der Waals surface area contributed by atoms with Gasteiger partial charge in [0.15, 0.2) is 5.65 Å². The number of anilines is 1. The Bertz CT molecular complexity index is 1470. The normalized spacial score (nSPS) is 13.7. The minimum absolute atomic E-state index is 0.0889. The summed E-state index contributed by atoms with van der Waals surface area (Å²) in [4.78, 5) is 32.9. The Morgan fingerprint density at radius 1 is 1.26 bits per heavy atom. The first-order valence-corrected chi connectivity index (χ1v) is 12.9. The first-order valence-electron chi connectivity index (χ1n) is 11.7. The van der Waals surface area contributed by atoms with E-state index in [2.05, 4.69) is 25.8 Å². The number of carbonyl (C=O) groups excluding carboxylic acids is 2. The second kappa shape index (κ2) is 11.1. The van der Waals surface area contributed by atoms with Crippen LogP contribution in [0.1, 0.15) is 10.4 Å². The lowest BCUT2D eigenvalue weighted by molar-refractivity contribution is -0.132. The quantitative estimate of drug-likeness (QED) is 0.326. The highest BCUT2D eigenvalue weighted by atomic mass is 32.2. The second-order valence-corrected chi connectivity index (χ2v) is 9.24. The van der Waals surface area contributed by atoms with Crippen molar-refractivity contribution in [3.05, 3.63) is 54.6 Å². The van der Waals surface area contributed by atoms with Gasteiger partial charge in [-0.2, -0.15) is 19.0 Å². The molecule has 1 aliphatic rings. The molecule has 5 rings (SSSR count). The van der Waals surface area contributed by atoms with Crippen LogP contribution in [0, 0.1) is 0 Å². The monoisotopic (exact) mass is 542 g/mol. The maximum Gasteiger partial charge on any atom is 0.387 e. The predicted molar refractivity (Wildman–Crippen MR) is 136 cm³/mol. The number of nitrogens with one attached hydrogen (secondary N) is 2. The van der Waals surface area contributed by atoms with E-state index in [1.54, 1.807) is 35.5 Å². The number of ether oxygens (including phenoxy) is 1. The first kappa shape index (κ1) is 25.6. The zero-order chi connectivity index (χ0) is 26.6. The van der Waals surface area contributed by atoms with Crippen molar-refractivity contribution >= 4 is 34.9 Å². The zero-order valence-corrected chi connectivity index (χ0v) is 21.1. The molecule has 11 nitrogen and oxygen atoms in total. The van der Waals surface area contributed by atoms with E-state index in [1.165, 1.54) is 39.4 Å². The van der Waals surface area contributed by atoms with Crippen LogP contribution < -0.4 is 15.4 Å². The third-order valence-corrected chi connectivity index (χ3v) is 6.68. The average Bonchev–Trinajstić information content (AvgIpc) is 3.53. The molecule has 0 aliphatic carbocycles. The molecule has 1 aliphatic heterocycles. The summed E-state index contributed by atoms with van der Waals surface area (Å²) in [5.74, 6) is -0.776. The average molecular weight is 543 g/mol. The van der Waals surface area contributed by atoms with Crippen LogP contribution in [-0.2, 0) is 11.3 Å². The standard InChI is InChI=1S/C24H24F2N8O3S/c1-38-15-3-4-19(37-24(25)26)16(11-15)21-18(13-33(31-21)14-20(35)32-9-6-27-7-10-32)30-23(36)17-12-29-34-8-2-5-28-22(17)34/h2-5,8,11-13,24,27H,6-7,9-10,14H2,1H3,(H,30,36). The van der Waals surface area contributed by atoms with Gasteiger partial charge >= 0.3 is 6.61 Å². The van der Waals surface area contributed by atoms with Gasteiger partial charge in [-0.05, 0) is 30.5 Å². The van der Waals surface area contributed by atoms with Crippen LogP contribution >= 0.6 is 11.8 Å². The summed E-state index contributed by atoms with van der Waals surface area (Å²) in [7, 11) is 0. The van der Waals surface area contributed by atoms with E-state index in [9.17, 15) is 18.4 Å². The number of alkyl halides is 2. The molecule has 4 aromatic rings. The number of aromatic nitrogens is 5. The van der Waals surface area contributed by atoms with Crippen LogP contribution in [0.25, 0.3) is 16.9 Å². The van der Waals surface area contributed by atoms with Gasteiger partial charge in [0, 0.05) is 55.2 Å². The predicted octanol–water partition coefficient (Wildman–Crippen LogP) is 2.60. The van der Waals surface area contributed by atoms with E-state index in [1.807, 2.05) is 6.26 Å². The summed E-state index contributed by atoms with van der Waals surface area (Å²) in [5, 5.41) is 14.7. The Hall–Kier alpha value is -4.04. The van der Waals surface area contributed by atoms with E-state index < -0.39 is 12.5 Å². The van der Waals surface area contributed by atoms with Crippen LogP contribution in [0.3, 0.4) is 0 Å². The molecule has 1 saturated heterocycles. The molecule has 0 unspecified atom stereocenters. The fourth-order valence-corrected chi connectivity index (χ4v) is 4.58. The van der Waals surface area contributed by atoms with Gasteiger partial charge in [0.2, 0.25) is 5.91 Å². The summed E-state index contributed by atoms with van der Waals surface area (Å²) in [6.45, 7) is -0.620. The van der Waals surface area contributed by atoms with E-state index >= 15 is 0 Å². The lowest BCUT2D eigenvalue weighted by Crippen LogP contribution is -2.47. The molecule has 0 atom stereocenters. The smallest absolute Gasteiger partial charge is 0.387 e. The molecule has 0 saturated carbocycles. The molecule has 38 heavy (non-hydrogen) atoms. The van der Waals surface area contributed by atoms with Gasteiger partial charge in [0.1, 0.15) is 23.6 Å². The summed E-state index contributed by atoms with van der Waals surface area (Å²) < 4.78 is 34.1. The van der Waals surface area contributed by atoms with Crippen molar-refractivity contribution in [3.63, 3.8) is 0 Å². The van der Waals surface area contributed by atoms with Crippen LogP contribution in [0.4, 0.5) is 14.5 Å². The van der Waals surface area contributed by atoms with Gasteiger partial charge < -0.3 is 20.3 Å². The summed E-state index contributed by atoms with van der Waals surface area (Å²) in [6, 6.07) is 6.42. The number of nitrogens with zero attached hydrogens (tertiary/aromatic N) is 6. The number of hydrogen-bond donors (Lipinski definition) is 2. The van der Waals surface area contributed by atoms with Gasteiger partial charge in [-0.3, -0.25) is 14.3 Å². The fourth-order valence-electron chi connectivity index (χ4n) is 4.14. The molecule has 2 amide bonds. The molecule has 1 fully saturated rings. The highest BCUT2D eigenvalue weighted by Gasteiger charge is 2.24. The summed E-state index contributed by atoms with van der Waals surface area (Å²) >= 11 is 1.41. The van der Waals surface area contributed by atoms with E-state index in [4.69, 9.17) is 4.74 Å². The molecule has 2 N–H and O–H groups in total. The topological polar surface area (TPSA) is 119 Å². The number of fused-ring (bicyclic) bond motifs is 1. The largest absolute Gasteiger partial charge is 0.434 e. The third kappa shape index (κ3) is 5.45. The van der Waals surface area contributed by atoms with E-state index in [-0.39, 0.29) is 40.7 Å². The van der Waals surface area contributed by atoms with Crippen molar-refractivity contribution in [2.45, 2.75) is 18.1 Å². The van der Waals surface area contributed by atoms with Crippen molar-refractivity contribution in [2.24, 2.45) is 0 Å². The minimum Gasteiger partial charge on any atom is -0.434 e. The Morgan fingerprint density at radius 3 is 2.84 bits per heavy atom. The number of amides is 2. The molecular weight excluding hydrogens is 518 g/mol. The number of thioether (sulfide) groups is 1. The van der Waals surface area contributed by atoms with Gasteiger partial charge in [0.25, 0.3) is 5.91 Å². The number of rotatable bonds is 8. The number of carbonyl (C=O) groups is 2. The van der Waals surface area contributed by atoms with Gasteiger partial charge in [-0.1, -0.05) is 0 Å². The van der Waals surface area contributed by atoms with Crippen molar-refractivity contribution in [3.8, 4) is 17.0 Å². The zero-order valence-electron chi connectivity index (χ0n) is 20.3. The molecular formula is C24H24F2N8O3S. The Kier molecular flexibility index (Phi) is 7.51. The highest BCUT2D eigenvalue weighted by molar-refractivity contribution is 7.98.